The number of anilines is 1. The SMILES string of the molecule is Cc1cc(NCc2cccc(OCCN3CCOCC3)c2)nnc1C. The van der Waals surface area contributed by atoms with Crippen molar-refractivity contribution < 1.29 is 9.47 Å². The molecule has 134 valence electrons. The van der Waals surface area contributed by atoms with Crippen LogP contribution in [0.25, 0.3) is 0 Å². The maximum atomic E-state index is 5.90. The lowest BCUT2D eigenvalue weighted by Crippen LogP contribution is -2.38. The van der Waals surface area contributed by atoms with Gasteiger partial charge in [-0.15, -0.1) is 5.10 Å². The van der Waals surface area contributed by atoms with E-state index in [4.69, 9.17) is 9.47 Å². The Balaban J connectivity index is 1.47. The summed E-state index contributed by atoms with van der Waals surface area (Å²) >= 11 is 0. The first-order chi connectivity index (χ1) is 12.2. The Morgan fingerprint density at radius 1 is 1.16 bits per heavy atom. The predicted octanol–water partition coefficient (Wildman–Crippen LogP) is 2.42. The molecule has 3 rings (SSSR count). The van der Waals surface area contributed by atoms with E-state index in [1.54, 1.807) is 0 Å². The van der Waals surface area contributed by atoms with Crippen molar-refractivity contribution in [2.75, 3.05) is 44.8 Å². The summed E-state index contributed by atoms with van der Waals surface area (Å²) in [6.45, 7) is 9.95. The fourth-order valence-corrected chi connectivity index (χ4v) is 2.69. The first kappa shape index (κ1) is 17.6. The number of rotatable bonds is 7. The van der Waals surface area contributed by atoms with Gasteiger partial charge in [-0.05, 0) is 43.2 Å². The Hall–Kier alpha value is -2.18. The van der Waals surface area contributed by atoms with Crippen LogP contribution in [-0.4, -0.2) is 54.6 Å². The maximum Gasteiger partial charge on any atom is 0.149 e. The number of ether oxygens (including phenoxy) is 2. The van der Waals surface area contributed by atoms with E-state index >= 15 is 0 Å². The van der Waals surface area contributed by atoms with E-state index in [2.05, 4.69) is 32.5 Å². The molecule has 1 aliphatic heterocycles. The van der Waals surface area contributed by atoms with Crippen molar-refractivity contribution in [3.05, 3.63) is 47.2 Å². The van der Waals surface area contributed by atoms with Gasteiger partial charge < -0.3 is 14.8 Å². The van der Waals surface area contributed by atoms with Gasteiger partial charge in [-0.1, -0.05) is 12.1 Å². The molecule has 6 heteroatoms. The summed E-state index contributed by atoms with van der Waals surface area (Å²) in [7, 11) is 0. The summed E-state index contributed by atoms with van der Waals surface area (Å²) in [4.78, 5) is 2.37. The minimum atomic E-state index is 0.692. The van der Waals surface area contributed by atoms with Crippen molar-refractivity contribution in [1.82, 2.24) is 15.1 Å². The monoisotopic (exact) mass is 342 g/mol. The first-order valence-electron chi connectivity index (χ1n) is 8.77. The smallest absolute Gasteiger partial charge is 0.149 e. The van der Waals surface area contributed by atoms with Gasteiger partial charge in [-0.25, -0.2) is 0 Å². The molecule has 6 nitrogen and oxygen atoms in total. The maximum absolute atomic E-state index is 5.90. The van der Waals surface area contributed by atoms with Crippen LogP contribution in [-0.2, 0) is 11.3 Å². The van der Waals surface area contributed by atoms with Crippen LogP contribution in [0.15, 0.2) is 30.3 Å². The van der Waals surface area contributed by atoms with Crippen molar-refractivity contribution in [2.45, 2.75) is 20.4 Å². The Bertz CT molecular complexity index is 687. The number of hydrogen-bond donors (Lipinski definition) is 1. The summed E-state index contributed by atoms with van der Waals surface area (Å²) in [5, 5.41) is 11.6. The Morgan fingerprint density at radius 2 is 2.00 bits per heavy atom. The molecule has 0 spiro atoms. The van der Waals surface area contributed by atoms with Crippen LogP contribution in [0.2, 0.25) is 0 Å². The van der Waals surface area contributed by atoms with Gasteiger partial charge in [0.15, 0.2) is 0 Å². The second-order valence-corrected chi connectivity index (χ2v) is 6.30. The molecule has 0 aliphatic carbocycles. The molecule has 1 aliphatic rings. The lowest BCUT2D eigenvalue weighted by molar-refractivity contribution is 0.0322. The van der Waals surface area contributed by atoms with E-state index < -0.39 is 0 Å². The van der Waals surface area contributed by atoms with E-state index in [1.165, 1.54) is 0 Å². The number of nitrogens with one attached hydrogen (secondary N) is 1. The average Bonchev–Trinajstić information content (AvgIpc) is 2.64. The Morgan fingerprint density at radius 3 is 2.80 bits per heavy atom. The summed E-state index contributed by atoms with van der Waals surface area (Å²) in [6, 6.07) is 10.2. The van der Waals surface area contributed by atoms with Gasteiger partial charge in [0.2, 0.25) is 0 Å². The molecule has 0 unspecified atom stereocenters. The van der Waals surface area contributed by atoms with E-state index in [0.717, 1.165) is 61.2 Å². The van der Waals surface area contributed by atoms with Gasteiger partial charge in [-0.2, -0.15) is 5.10 Å². The van der Waals surface area contributed by atoms with Crippen molar-refractivity contribution in [1.29, 1.82) is 0 Å². The third kappa shape index (κ3) is 5.41. The van der Waals surface area contributed by atoms with Gasteiger partial charge >= 0.3 is 0 Å². The van der Waals surface area contributed by atoms with E-state index in [-0.39, 0.29) is 0 Å². The molecule has 0 saturated carbocycles. The normalized spacial score (nSPS) is 15.1. The molecule has 0 amide bonds. The van der Waals surface area contributed by atoms with Crippen LogP contribution in [0.4, 0.5) is 5.82 Å². The second-order valence-electron chi connectivity index (χ2n) is 6.30. The van der Waals surface area contributed by atoms with Gasteiger partial charge in [0.25, 0.3) is 0 Å². The number of hydrogen-bond acceptors (Lipinski definition) is 6. The van der Waals surface area contributed by atoms with Crippen LogP contribution in [0, 0.1) is 13.8 Å². The molecule has 1 aromatic heterocycles. The van der Waals surface area contributed by atoms with Gasteiger partial charge in [-0.3, -0.25) is 4.90 Å². The number of morpholine rings is 1. The molecule has 2 heterocycles. The Labute approximate surface area is 149 Å². The highest BCUT2D eigenvalue weighted by Crippen LogP contribution is 2.15. The lowest BCUT2D eigenvalue weighted by atomic mass is 10.2. The fourth-order valence-electron chi connectivity index (χ4n) is 2.69. The molecule has 0 atom stereocenters. The van der Waals surface area contributed by atoms with Crippen molar-refractivity contribution in [2.24, 2.45) is 0 Å². The topological polar surface area (TPSA) is 59.5 Å². The summed E-state index contributed by atoms with van der Waals surface area (Å²) in [6.07, 6.45) is 0. The van der Waals surface area contributed by atoms with Crippen LogP contribution in [0.1, 0.15) is 16.8 Å². The van der Waals surface area contributed by atoms with Gasteiger partial charge in [0.1, 0.15) is 18.2 Å². The fraction of sp³-hybridized carbons (Fsp3) is 0.474. The zero-order valence-corrected chi connectivity index (χ0v) is 15.0. The third-order valence-electron chi connectivity index (χ3n) is 4.38. The molecule has 1 N–H and O–H groups in total. The molecule has 1 aromatic carbocycles. The number of aromatic nitrogens is 2. The molecular weight excluding hydrogens is 316 g/mol. The molecule has 1 fully saturated rings. The number of nitrogens with zero attached hydrogens (tertiary/aromatic N) is 3. The van der Waals surface area contributed by atoms with E-state index in [1.807, 2.05) is 32.0 Å². The quantitative estimate of drug-likeness (QED) is 0.834. The first-order valence-corrected chi connectivity index (χ1v) is 8.77. The molecule has 1 saturated heterocycles. The van der Waals surface area contributed by atoms with Crippen molar-refractivity contribution in [3.63, 3.8) is 0 Å². The molecule has 0 radical (unpaired) electrons. The second kappa shape index (κ2) is 8.78. The number of aryl methyl sites for hydroxylation is 2. The zero-order valence-electron chi connectivity index (χ0n) is 15.0. The number of benzene rings is 1. The van der Waals surface area contributed by atoms with E-state index in [0.29, 0.717) is 13.2 Å². The largest absolute Gasteiger partial charge is 0.492 e. The highest BCUT2D eigenvalue weighted by Gasteiger charge is 2.09. The lowest BCUT2D eigenvalue weighted by Gasteiger charge is -2.26. The molecular formula is C19H26N4O2. The minimum absolute atomic E-state index is 0.692. The summed E-state index contributed by atoms with van der Waals surface area (Å²) in [5.41, 5.74) is 3.25. The average molecular weight is 342 g/mol. The van der Waals surface area contributed by atoms with Gasteiger partial charge in [0.05, 0.1) is 18.9 Å². The van der Waals surface area contributed by atoms with Crippen molar-refractivity contribution in [3.8, 4) is 5.75 Å². The van der Waals surface area contributed by atoms with Crippen LogP contribution in [0.3, 0.4) is 0 Å². The van der Waals surface area contributed by atoms with Crippen LogP contribution >= 0.6 is 0 Å². The highest BCUT2D eigenvalue weighted by molar-refractivity contribution is 5.39. The van der Waals surface area contributed by atoms with Crippen LogP contribution in [0.5, 0.6) is 5.75 Å². The standard InChI is InChI=1S/C19H26N4O2/c1-15-12-19(22-21-16(15)2)20-14-17-4-3-5-18(13-17)25-11-8-23-6-9-24-10-7-23/h3-5,12-13H,6-11,14H2,1-2H3,(H,20,22). The summed E-state index contributed by atoms with van der Waals surface area (Å²) in [5.74, 6) is 1.69. The molecule has 25 heavy (non-hydrogen) atoms. The molecule has 0 bridgehead atoms. The van der Waals surface area contributed by atoms with Crippen molar-refractivity contribution >= 4 is 5.82 Å². The molecule has 2 aromatic rings. The van der Waals surface area contributed by atoms with Gasteiger partial charge in [0, 0.05) is 26.2 Å². The zero-order chi connectivity index (χ0) is 17.5. The third-order valence-corrected chi connectivity index (χ3v) is 4.38. The minimum Gasteiger partial charge on any atom is -0.492 e. The highest BCUT2D eigenvalue weighted by atomic mass is 16.5. The van der Waals surface area contributed by atoms with E-state index in [9.17, 15) is 0 Å². The Kier molecular flexibility index (Phi) is 6.19. The predicted molar refractivity (Wildman–Crippen MR) is 98.0 cm³/mol. The summed E-state index contributed by atoms with van der Waals surface area (Å²) < 4.78 is 11.3. The van der Waals surface area contributed by atoms with Crippen LogP contribution < -0.4 is 10.1 Å².